The van der Waals surface area contributed by atoms with Crippen molar-refractivity contribution in [3.8, 4) is 5.75 Å². The Morgan fingerprint density at radius 1 is 1.12 bits per heavy atom. The highest BCUT2D eigenvalue weighted by Gasteiger charge is 2.10. The first kappa shape index (κ1) is 20.0. The van der Waals surface area contributed by atoms with E-state index < -0.39 is 0 Å². The molecule has 0 fully saturated rings. The summed E-state index contributed by atoms with van der Waals surface area (Å²) in [7, 11) is 0. The summed E-state index contributed by atoms with van der Waals surface area (Å²) in [5, 5.41) is 2.94. The number of hydrogen-bond acceptors (Lipinski definition) is 3. The minimum atomic E-state index is -0.111. The Labute approximate surface area is 157 Å². The largest absolute Gasteiger partial charge is 0.494 e. The second kappa shape index (κ2) is 9.97. The molecule has 0 aliphatic carbocycles. The zero-order chi connectivity index (χ0) is 18.9. The summed E-state index contributed by atoms with van der Waals surface area (Å²) >= 11 is 0. The van der Waals surface area contributed by atoms with Crippen LogP contribution in [0.4, 0.5) is 5.69 Å². The number of ether oxygens (including phenoxy) is 1. The van der Waals surface area contributed by atoms with Crippen molar-refractivity contribution < 1.29 is 9.53 Å². The molecule has 4 nitrogen and oxygen atoms in total. The lowest BCUT2D eigenvalue weighted by Gasteiger charge is -2.24. The number of hydrogen-bond donors (Lipinski definition) is 1. The molecule has 0 heterocycles. The Morgan fingerprint density at radius 3 is 2.46 bits per heavy atom. The summed E-state index contributed by atoms with van der Waals surface area (Å²) in [6, 6.07) is 15.8. The smallest absolute Gasteiger partial charge is 0.255 e. The normalized spacial score (nSPS) is 11.0. The predicted molar refractivity (Wildman–Crippen MR) is 108 cm³/mol. The van der Waals surface area contributed by atoms with Gasteiger partial charge >= 0.3 is 0 Å². The third-order valence-electron chi connectivity index (χ3n) is 4.30. The monoisotopic (exact) mass is 354 g/mol. The Morgan fingerprint density at radius 2 is 1.85 bits per heavy atom. The summed E-state index contributed by atoms with van der Waals surface area (Å²) in [4.78, 5) is 14.9. The maximum atomic E-state index is 12.5. The molecule has 0 bridgehead atoms. The third kappa shape index (κ3) is 5.88. The Balaban J connectivity index is 1.99. The number of amides is 1. The number of benzene rings is 2. The molecule has 0 spiro atoms. The molecule has 0 unspecified atom stereocenters. The molecule has 2 aromatic carbocycles. The van der Waals surface area contributed by atoms with E-state index in [1.54, 1.807) is 0 Å². The van der Waals surface area contributed by atoms with Crippen LogP contribution in [-0.2, 0) is 6.54 Å². The van der Waals surface area contributed by atoms with E-state index in [2.05, 4.69) is 37.9 Å². The maximum absolute atomic E-state index is 12.5. The molecule has 0 aliphatic rings. The van der Waals surface area contributed by atoms with Crippen LogP contribution in [0, 0.1) is 0 Å². The number of rotatable bonds is 9. The zero-order valence-electron chi connectivity index (χ0n) is 16.3. The van der Waals surface area contributed by atoms with Gasteiger partial charge in [-0.25, -0.2) is 0 Å². The standard InChI is InChI=1S/C22H30N2O2/c1-5-14-26-21-9-7-8-20(15-21)23-22(25)19-12-10-18(11-13-19)16-24(6-2)17(3)4/h7-13,15,17H,5-6,14,16H2,1-4H3,(H,23,25). The van der Waals surface area contributed by atoms with E-state index in [1.165, 1.54) is 5.56 Å². The average molecular weight is 354 g/mol. The first-order valence-corrected chi connectivity index (χ1v) is 9.40. The lowest BCUT2D eigenvalue weighted by molar-refractivity contribution is 0.102. The summed E-state index contributed by atoms with van der Waals surface area (Å²) in [5.41, 5.74) is 2.61. The lowest BCUT2D eigenvalue weighted by atomic mass is 10.1. The van der Waals surface area contributed by atoms with Crippen molar-refractivity contribution in [1.82, 2.24) is 4.90 Å². The molecule has 0 aromatic heterocycles. The molecule has 0 saturated heterocycles. The van der Waals surface area contributed by atoms with Crippen LogP contribution in [-0.4, -0.2) is 30.0 Å². The van der Waals surface area contributed by atoms with Crippen LogP contribution in [0.15, 0.2) is 48.5 Å². The van der Waals surface area contributed by atoms with Crippen molar-refractivity contribution >= 4 is 11.6 Å². The highest BCUT2D eigenvalue weighted by molar-refractivity contribution is 6.04. The summed E-state index contributed by atoms with van der Waals surface area (Å²) in [5.74, 6) is 0.661. The second-order valence-corrected chi connectivity index (χ2v) is 6.68. The molecule has 1 N–H and O–H groups in total. The quantitative estimate of drug-likeness (QED) is 0.692. The minimum Gasteiger partial charge on any atom is -0.494 e. The van der Waals surface area contributed by atoms with Gasteiger partial charge < -0.3 is 10.1 Å². The highest BCUT2D eigenvalue weighted by atomic mass is 16.5. The molecule has 26 heavy (non-hydrogen) atoms. The van der Waals surface area contributed by atoms with Gasteiger partial charge in [-0.1, -0.05) is 32.0 Å². The van der Waals surface area contributed by atoms with E-state index in [0.29, 0.717) is 18.2 Å². The average Bonchev–Trinajstić information content (AvgIpc) is 2.65. The number of nitrogens with one attached hydrogen (secondary N) is 1. The molecular weight excluding hydrogens is 324 g/mol. The predicted octanol–water partition coefficient (Wildman–Crippen LogP) is 4.96. The van der Waals surface area contributed by atoms with Crippen molar-refractivity contribution in [2.24, 2.45) is 0 Å². The van der Waals surface area contributed by atoms with E-state index in [1.807, 2.05) is 48.5 Å². The van der Waals surface area contributed by atoms with Crippen molar-refractivity contribution in [1.29, 1.82) is 0 Å². The van der Waals surface area contributed by atoms with Gasteiger partial charge in [0.15, 0.2) is 0 Å². The second-order valence-electron chi connectivity index (χ2n) is 6.68. The molecule has 0 radical (unpaired) electrons. The van der Waals surface area contributed by atoms with Gasteiger partial charge in [0, 0.05) is 29.9 Å². The SMILES string of the molecule is CCCOc1cccc(NC(=O)c2ccc(CN(CC)C(C)C)cc2)c1. The molecule has 0 saturated carbocycles. The van der Waals surface area contributed by atoms with Gasteiger partial charge in [-0.2, -0.15) is 0 Å². The van der Waals surface area contributed by atoms with E-state index in [0.717, 1.165) is 30.9 Å². The molecule has 140 valence electrons. The number of nitrogens with zero attached hydrogens (tertiary/aromatic N) is 1. The highest BCUT2D eigenvalue weighted by Crippen LogP contribution is 2.18. The topological polar surface area (TPSA) is 41.6 Å². The van der Waals surface area contributed by atoms with Crippen LogP contribution in [0.2, 0.25) is 0 Å². The maximum Gasteiger partial charge on any atom is 0.255 e. The number of carbonyl (C=O) groups is 1. The van der Waals surface area contributed by atoms with Crippen molar-refractivity contribution in [3.63, 3.8) is 0 Å². The van der Waals surface area contributed by atoms with Crippen LogP contribution >= 0.6 is 0 Å². The summed E-state index contributed by atoms with van der Waals surface area (Å²) in [6.45, 7) is 11.2. The first-order valence-electron chi connectivity index (χ1n) is 9.40. The Kier molecular flexibility index (Phi) is 7.67. The Bertz CT molecular complexity index is 696. The molecule has 4 heteroatoms. The zero-order valence-corrected chi connectivity index (χ0v) is 16.3. The van der Waals surface area contributed by atoms with E-state index in [4.69, 9.17) is 4.74 Å². The fraction of sp³-hybridized carbons (Fsp3) is 0.409. The van der Waals surface area contributed by atoms with Crippen LogP contribution < -0.4 is 10.1 Å². The van der Waals surface area contributed by atoms with Crippen LogP contribution in [0.1, 0.15) is 50.0 Å². The van der Waals surface area contributed by atoms with E-state index in [9.17, 15) is 4.79 Å². The summed E-state index contributed by atoms with van der Waals surface area (Å²) < 4.78 is 5.61. The molecule has 0 atom stereocenters. The first-order chi connectivity index (χ1) is 12.5. The van der Waals surface area contributed by atoms with Gasteiger partial charge in [-0.15, -0.1) is 0 Å². The molecule has 0 aliphatic heterocycles. The van der Waals surface area contributed by atoms with Gasteiger partial charge in [0.05, 0.1) is 6.61 Å². The molecular formula is C22H30N2O2. The Hall–Kier alpha value is -2.33. The minimum absolute atomic E-state index is 0.111. The van der Waals surface area contributed by atoms with Gasteiger partial charge in [0.1, 0.15) is 5.75 Å². The lowest BCUT2D eigenvalue weighted by Crippen LogP contribution is -2.29. The van der Waals surface area contributed by atoms with E-state index >= 15 is 0 Å². The van der Waals surface area contributed by atoms with Gasteiger partial charge in [0.25, 0.3) is 5.91 Å². The van der Waals surface area contributed by atoms with Crippen molar-refractivity contribution in [3.05, 3.63) is 59.7 Å². The molecule has 2 rings (SSSR count). The number of carbonyl (C=O) groups excluding carboxylic acids is 1. The van der Waals surface area contributed by atoms with Crippen LogP contribution in [0.25, 0.3) is 0 Å². The van der Waals surface area contributed by atoms with Crippen molar-refractivity contribution in [2.45, 2.75) is 46.7 Å². The van der Waals surface area contributed by atoms with Crippen molar-refractivity contribution in [2.75, 3.05) is 18.5 Å². The molecule has 1 amide bonds. The fourth-order valence-electron chi connectivity index (χ4n) is 2.74. The fourth-order valence-corrected chi connectivity index (χ4v) is 2.74. The van der Waals surface area contributed by atoms with Gasteiger partial charge in [0.2, 0.25) is 0 Å². The van der Waals surface area contributed by atoms with Crippen LogP contribution in [0.3, 0.4) is 0 Å². The van der Waals surface area contributed by atoms with Gasteiger partial charge in [-0.3, -0.25) is 9.69 Å². The van der Waals surface area contributed by atoms with Crippen LogP contribution in [0.5, 0.6) is 5.75 Å². The van der Waals surface area contributed by atoms with E-state index in [-0.39, 0.29) is 5.91 Å². The molecule has 2 aromatic rings. The third-order valence-corrected chi connectivity index (χ3v) is 4.30. The number of anilines is 1. The van der Waals surface area contributed by atoms with Gasteiger partial charge in [-0.05, 0) is 56.6 Å². The summed E-state index contributed by atoms with van der Waals surface area (Å²) in [6.07, 6.45) is 0.954.